The Kier molecular flexibility index (Phi) is 3.79. The zero-order valence-corrected chi connectivity index (χ0v) is 11.8. The quantitative estimate of drug-likeness (QED) is 0.849. The maximum absolute atomic E-state index is 12.4. The fraction of sp³-hybridized carbons (Fsp3) is 0.636. The number of carbonyl (C=O) groups is 2. The van der Waals surface area contributed by atoms with Crippen LogP contribution in [0.15, 0.2) is 0 Å². The maximum atomic E-state index is 12.4. The average Bonchev–Trinajstić information content (AvgIpc) is 2.93. The molecule has 0 radical (unpaired) electrons. The van der Waals surface area contributed by atoms with Gasteiger partial charge in [0.25, 0.3) is 5.91 Å². The summed E-state index contributed by atoms with van der Waals surface area (Å²) in [5.74, 6) is -0.303. The number of H-pyrrole nitrogens is 1. The van der Waals surface area contributed by atoms with Gasteiger partial charge in [-0.1, -0.05) is 13.8 Å². The second kappa shape index (κ2) is 5.20. The van der Waals surface area contributed by atoms with Crippen molar-refractivity contribution in [3.63, 3.8) is 0 Å². The Balaban J connectivity index is 2.30. The number of nitrogens with one attached hydrogen (secondary N) is 1. The zero-order chi connectivity index (χ0) is 14.2. The van der Waals surface area contributed by atoms with E-state index in [-0.39, 0.29) is 17.1 Å². The van der Waals surface area contributed by atoms with Crippen LogP contribution in [0.25, 0.3) is 0 Å². The summed E-state index contributed by atoms with van der Waals surface area (Å²) in [7, 11) is 0. The molecule has 8 heteroatoms. The number of carboxylic acid groups (broad SMARTS) is 1. The number of hydrogen-bond donors (Lipinski definition) is 2. The van der Waals surface area contributed by atoms with E-state index < -0.39 is 17.9 Å². The van der Waals surface area contributed by atoms with Gasteiger partial charge in [0.1, 0.15) is 11.9 Å². The van der Waals surface area contributed by atoms with Crippen LogP contribution in [0.5, 0.6) is 0 Å². The Morgan fingerprint density at radius 3 is 2.68 bits per heavy atom. The molecule has 1 saturated heterocycles. The van der Waals surface area contributed by atoms with Gasteiger partial charge in [-0.3, -0.25) is 9.89 Å². The first-order valence-corrected chi connectivity index (χ1v) is 7.02. The van der Waals surface area contributed by atoms with E-state index in [0.717, 1.165) is 0 Å². The van der Waals surface area contributed by atoms with Gasteiger partial charge in [0, 0.05) is 5.75 Å². The number of aryl methyl sites for hydroxylation is 1. The Bertz CT molecular complexity index is 502. The van der Waals surface area contributed by atoms with Crippen LogP contribution >= 0.6 is 11.8 Å². The number of hydrogen-bond acceptors (Lipinski definition) is 5. The van der Waals surface area contributed by atoms with Crippen LogP contribution < -0.4 is 0 Å². The normalized spacial score (nSPS) is 23.1. The lowest BCUT2D eigenvalue weighted by Gasteiger charge is -2.28. The van der Waals surface area contributed by atoms with Gasteiger partial charge in [0.2, 0.25) is 5.82 Å². The van der Waals surface area contributed by atoms with E-state index >= 15 is 0 Å². The molecule has 0 aromatic carbocycles. The molecular formula is C11H16N4O3S. The molecule has 7 nitrogen and oxygen atoms in total. The van der Waals surface area contributed by atoms with Crippen molar-refractivity contribution in [2.45, 2.75) is 32.2 Å². The van der Waals surface area contributed by atoms with Gasteiger partial charge in [0.15, 0.2) is 0 Å². The van der Waals surface area contributed by atoms with Gasteiger partial charge in [-0.2, -0.15) is 0 Å². The first kappa shape index (κ1) is 13.9. The number of rotatable bonds is 3. The minimum absolute atomic E-state index is 0.0249. The Morgan fingerprint density at radius 1 is 1.53 bits per heavy atom. The highest BCUT2D eigenvalue weighted by Crippen LogP contribution is 2.34. The molecule has 2 N–H and O–H groups in total. The molecule has 1 aliphatic rings. The topological polar surface area (TPSA) is 99.2 Å². The Morgan fingerprint density at radius 2 is 2.21 bits per heavy atom. The monoisotopic (exact) mass is 284 g/mol. The van der Waals surface area contributed by atoms with E-state index in [0.29, 0.717) is 11.6 Å². The average molecular weight is 284 g/mol. The molecule has 0 saturated carbocycles. The van der Waals surface area contributed by atoms with Gasteiger partial charge >= 0.3 is 5.97 Å². The van der Waals surface area contributed by atoms with Crippen molar-refractivity contribution >= 4 is 23.6 Å². The molecule has 1 aromatic heterocycles. The Hall–Kier alpha value is -1.57. The third kappa shape index (κ3) is 2.58. The fourth-order valence-electron chi connectivity index (χ4n) is 2.04. The standard InChI is InChI=1S/C11H16N4O3S/c1-5(2)10-15(7(4-19-10)11(17)18)9(16)8-12-6(3)13-14-8/h5,7,10H,4H2,1-3H3,(H,17,18)(H,12,13,14). The molecule has 104 valence electrons. The number of thioether (sulfide) groups is 1. The van der Waals surface area contributed by atoms with Gasteiger partial charge in [0.05, 0.1) is 5.37 Å². The first-order chi connectivity index (χ1) is 8.91. The number of aromatic amines is 1. The van der Waals surface area contributed by atoms with E-state index in [1.807, 2.05) is 13.8 Å². The Labute approximate surface area is 114 Å². The summed E-state index contributed by atoms with van der Waals surface area (Å²) in [5.41, 5.74) is 0. The van der Waals surface area contributed by atoms with E-state index in [9.17, 15) is 14.7 Å². The SMILES string of the molecule is Cc1nc(C(=O)N2C(C(=O)O)CSC2C(C)C)n[nH]1. The lowest BCUT2D eigenvalue weighted by molar-refractivity contribution is -0.141. The van der Waals surface area contributed by atoms with Crippen LogP contribution in [0.3, 0.4) is 0 Å². The van der Waals surface area contributed by atoms with Crippen LogP contribution in [0.4, 0.5) is 0 Å². The lowest BCUT2D eigenvalue weighted by Crippen LogP contribution is -2.47. The first-order valence-electron chi connectivity index (χ1n) is 5.98. The molecular weight excluding hydrogens is 268 g/mol. The number of carbonyl (C=O) groups excluding carboxylic acids is 1. The van der Waals surface area contributed by atoms with Crippen LogP contribution in [0.1, 0.15) is 30.3 Å². The van der Waals surface area contributed by atoms with Crippen molar-refractivity contribution in [2.75, 3.05) is 5.75 Å². The summed E-state index contributed by atoms with van der Waals surface area (Å²) in [6.45, 7) is 5.62. The zero-order valence-electron chi connectivity index (χ0n) is 11.0. The van der Waals surface area contributed by atoms with Gasteiger partial charge < -0.3 is 10.0 Å². The van der Waals surface area contributed by atoms with E-state index in [4.69, 9.17) is 0 Å². The summed E-state index contributed by atoms with van der Waals surface area (Å²) in [6, 6.07) is -0.816. The van der Waals surface area contributed by atoms with Crippen molar-refractivity contribution in [3.05, 3.63) is 11.6 Å². The van der Waals surface area contributed by atoms with Crippen LogP contribution in [-0.2, 0) is 4.79 Å². The summed E-state index contributed by atoms with van der Waals surface area (Å²) < 4.78 is 0. The third-order valence-electron chi connectivity index (χ3n) is 2.91. The summed E-state index contributed by atoms with van der Waals surface area (Å²) in [4.78, 5) is 29.0. The van der Waals surface area contributed by atoms with Crippen molar-refractivity contribution < 1.29 is 14.7 Å². The van der Waals surface area contributed by atoms with Crippen molar-refractivity contribution in [3.8, 4) is 0 Å². The van der Waals surface area contributed by atoms with E-state index in [1.54, 1.807) is 6.92 Å². The van der Waals surface area contributed by atoms with Crippen molar-refractivity contribution in [1.29, 1.82) is 0 Å². The second-order valence-corrected chi connectivity index (χ2v) is 5.93. The molecule has 0 bridgehead atoms. The van der Waals surface area contributed by atoms with Crippen molar-refractivity contribution in [1.82, 2.24) is 20.1 Å². The number of carboxylic acids is 1. The van der Waals surface area contributed by atoms with Gasteiger partial charge in [-0.25, -0.2) is 9.78 Å². The smallest absolute Gasteiger partial charge is 0.327 e. The predicted molar refractivity (Wildman–Crippen MR) is 69.8 cm³/mol. The van der Waals surface area contributed by atoms with Crippen LogP contribution in [-0.4, -0.2) is 54.2 Å². The third-order valence-corrected chi connectivity index (χ3v) is 4.53. The molecule has 1 fully saturated rings. The molecule has 2 unspecified atom stereocenters. The van der Waals surface area contributed by atoms with Crippen LogP contribution in [0.2, 0.25) is 0 Å². The second-order valence-electron chi connectivity index (χ2n) is 4.78. The summed E-state index contributed by atoms with van der Waals surface area (Å²) >= 11 is 1.48. The maximum Gasteiger partial charge on any atom is 0.327 e. The van der Waals surface area contributed by atoms with Gasteiger partial charge in [-0.05, 0) is 12.8 Å². The molecule has 1 aromatic rings. The predicted octanol–water partition coefficient (Wildman–Crippen LogP) is 0.737. The molecule has 1 amide bonds. The summed E-state index contributed by atoms with van der Waals surface area (Å²) in [5, 5.41) is 15.5. The minimum atomic E-state index is -0.990. The molecule has 1 aliphatic heterocycles. The highest BCUT2D eigenvalue weighted by Gasteiger charge is 2.44. The van der Waals surface area contributed by atoms with Crippen molar-refractivity contribution in [2.24, 2.45) is 5.92 Å². The van der Waals surface area contributed by atoms with E-state index in [1.165, 1.54) is 16.7 Å². The number of aliphatic carboxylic acids is 1. The minimum Gasteiger partial charge on any atom is -0.480 e. The number of nitrogens with zero attached hydrogens (tertiary/aromatic N) is 3. The molecule has 0 spiro atoms. The fourth-order valence-corrected chi connectivity index (χ4v) is 3.51. The summed E-state index contributed by atoms with van der Waals surface area (Å²) in [6.07, 6.45) is 0. The highest BCUT2D eigenvalue weighted by molar-refractivity contribution is 8.00. The molecule has 2 heterocycles. The number of aromatic nitrogens is 3. The van der Waals surface area contributed by atoms with Gasteiger partial charge in [-0.15, -0.1) is 16.9 Å². The van der Waals surface area contributed by atoms with E-state index in [2.05, 4.69) is 15.2 Å². The molecule has 19 heavy (non-hydrogen) atoms. The molecule has 2 atom stereocenters. The largest absolute Gasteiger partial charge is 0.480 e. The highest BCUT2D eigenvalue weighted by atomic mass is 32.2. The lowest BCUT2D eigenvalue weighted by atomic mass is 10.1. The van der Waals surface area contributed by atoms with Crippen LogP contribution in [0, 0.1) is 12.8 Å². The number of amides is 1. The molecule has 2 rings (SSSR count). The molecule has 0 aliphatic carbocycles.